The third-order valence-electron chi connectivity index (χ3n) is 4.39. The average molecular weight is 294 g/mol. The summed E-state index contributed by atoms with van der Waals surface area (Å²) in [4.78, 5) is 11.6. The highest BCUT2D eigenvalue weighted by atomic mass is 19.1. The van der Waals surface area contributed by atoms with Crippen LogP contribution in [0, 0.1) is 17.7 Å². The van der Waals surface area contributed by atoms with Crippen molar-refractivity contribution in [2.45, 2.75) is 32.6 Å². The van der Waals surface area contributed by atoms with Gasteiger partial charge in [-0.1, -0.05) is 26.2 Å². The van der Waals surface area contributed by atoms with Gasteiger partial charge in [-0.05, 0) is 30.4 Å². The van der Waals surface area contributed by atoms with E-state index in [1.807, 2.05) is 0 Å². The standard InChI is InChI=1S/C16H23FN2O2/c1-10-5-3-4-6-11(10)9-19-15-7-12(16(20)21-2)14(18)8-13(15)17/h7-8,10-11,19H,3-6,9,18H2,1-2H3. The molecule has 0 aliphatic heterocycles. The quantitative estimate of drug-likeness (QED) is 0.659. The Kier molecular flexibility index (Phi) is 5.04. The van der Waals surface area contributed by atoms with Crippen molar-refractivity contribution in [2.75, 3.05) is 24.7 Å². The smallest absolute Gasteiger partial charge is 0.340 e. The Morgan fingerprint density at radius 3 is 2.81 bits per heavy atom. The second-order valence-electron chi connectivity index (χ2n) is 5.81. The summed E-state index contributed by atoms with van der Waals surface area (Å²) >= 11 is 0. The van der Waals surface area contributed by atoms with Crippen molar-refractivity contribution < 1.29 is 13.9 Å². The molecule has 21 heavy (non-hydrogen) atoms. The molecule has 1 aromatic carbocycles. The van der Waals surface area contributed by atoms with Gasteiger partial charge in [0.25, 0.3) is 0 Å². The maximum Gasteiger partial charge on any atom is 0.340 e. The number of anilines is 2. The summed E-state index contributed by atoms with van der Waals surface area (Å²) in [5.74, 6) is 0.186. The number of hydrogen-bond donors (Lipinski definition) is 2. The highest BCUT2D eigenvalue weighted by Gasteiger charge is 2.22. The van der Waals surface area contributed by atoms with Gasteiger partial charge in [0.2, 0.25) is 0 Å². The van der Waals surface area contributed by atoms with Crippen LogP contribution in [-0.4, -0.2) is 19.6 Å². The predicted octanol–water partition coefficient (Wildman–Crippen LogP) is 3.43. The van der Waals surface area contributed by atoms with Gasteiger partial charge in [0.05, 0.1) is 18.4 Å². The van der Waals surface area contributed by atoms with Crippen LogP contribution in [0.4, 0.5) is 15.8 Å². The Labute approximate surface area is 124 Å². The molecule has 116 valence electrons. The zero-order valence-corrected chi connectivity index (χ0v) is 12.6. The number of methoxy groups -OCH3 is 1. The Balaban J connectivity index is 2.10. The number of ether oxygens (including phenoxy) is 1. The van der Waals surface area contributed by atoms with E-state index in [0.717, 1.165) is 6.42 Å². The molecule has 4 nitrogen and oxygen atoms in total. The molecule has 0 radical (unpaired) electrons. The fraction of sp³-hybridized carbons (Fsp3) is 0.562. The third-order valence-corrected chi connectivity index (χ3v) is 4.39. The highest BCUT2D eigenvalue weighted by molar-refractivity contribution is 5.96. The molecule has 2 atom stereocenters. The molecule has 1 aliphatic rings. The molecule has 0 heterocycles. The number of nitrogens with one attached hydrogen (secondary N) is 1. The lowest BCUT2D eigenvalue weighted by atomic mass is 9.80. The van der Waals surface area contributed by atoms with Gasteiger partial charge in [-0.15, -0.1) is 0 Å². The van der Waals surface area contributed by atoms with Crippen molar-refractivity contribution in [1.82, 2.24) is 0 Å². The van der Waals surface area contributed by atoms with Crippen LogP contribution in [0.15, 0.2) is 12.1 Å². The Morgan fingerprint density at radius 2 is 2.14 bits per heavy atom. The first-order chi connectivity index (χ1) is 10.0. The first-order valence-electron chi connectivity index (χ1n) is 7.44. The molecule has 1 saturated carbocycles. The van der Waals surface area contributed by atoms with Gasteiger partial charge in [0, 0.05) is 12.2 Å². The van der Waals surface area contributed by atoms with E-state index in [-0.39, 0.29) is 11.3 Å². The third kappa shape index (κ3) is 3.65. The summed E-state index contributed by atoms with van der Waals surface area (Å²) in [6, 6.07) is 2.60. The summed E-state index contributed by atoms with van der Waals surface area (Å²) in [7, 11) is 1.28. The molecule has 2 rings (SSSR count). The van der Waals surface area contributed by atoms with Crippen molar-refractivity contribution >= 4 is 17.3 Å². The van der Waals surface area contributed by atoms with E-state index in [1.54, 1.807) is 0 Å². The fourth-order valence-corrected chi connectivity index (χ4v) is 2.95. The van der Waals surface area contributed by atoms with Crippen molar-refractivity contribution in [3.05, 3.63) is 23.5 Å². The maximum absolute atomic E-state index is 14.0. The molecular formula is C16H23FN2O2. The van der Waals surface area contributed by atoms with Crippen molar-refractivity contribution in [3.8, 4) is 0 Å². The average Bonchev–Trinajstić information content (AvgIpc) is 2.47. The van der Waals surface area contributed by atoms with Crippen LogP contribution in [0.5, 0.6) is 0 Å². The summed E-state index contributed by atoms with van der Waals surface area (Å²) in [5.41, 5.74) is 6.25. The number of esters is 1. The zero-order valence-electron chi connectivity index (χ0n) is 12.6. The van der Waals surface area contributed by atoms with E-state index in [0.29, 0.717) is 24.1 Å². The van der Waals surface area contributed by atoms with Crippen LogP contribution in [-0.2, 0) is 4.74 Å². The Hall–Kier alpha value is -1.78. The zero-order chi connectivity index (χ0) is 15.4. The number of hydrogen-bond acceptors (Lipinski definition) is 4. The number of rotatable bonds is 4. The molecule has 2 unspecified atom stereocenters. The van der Waals surface area contributed by atoms with Gasteiger partial charge in [-0.3, -0.25) is 0 Å². The molecule has 0 aromatic heterocycles. The second-order valence-corrected chi connectivity index (χ2v) is 5.81. The van der Waals surface area contributed by atoms with E-state index < -0.39 is 11.8 Å². The number of carbonyl (C=O) groups excluding carboxylic acids is 1. The molecular weight excluding hydrogens is 271 g/mol. The predicted molar refractivity (Wildman–Crippen MR) is 81.8 cm³/mol. The second kappa shape index (κ2) is 6.78. The Bertz CT molecular complexity index is 519. The largest absolute Gasteiger partial charge is 0.465 e. The summed E-state index contributed by atoms with van der Waals surface area (Å²) < 4.78 is 18.6. The molecule has 3 N–H and O–H groups in total. The van der Waals surface area contributed by atoms with Gasteiger partial charge in [-0.25, -0.2) is 9.18 Å². The molecule has 1 aromatic rings. The minimum absolute atomic E-state index is 0.0935. The SMILES string of the molecule is COC(=O)c1cc(NCC2CCCCC2C)c(F)cc1N. The molecule has 0 amide bonds. The number of halogens is 1. The van der Waals surface area contributed by atoms with Crippen LogP contribution >= 0.6 is 0 Å². The van der Waals surface area contributed by atoms with Crippen LogP contribution in [0.1, 0.15) is 43.0 Å². The van der Waals surface area contributed by atoms with Crippen molar-refractivity contribution in [3.63, 3.8) is 0 Å². The number of carbonyl (C=O) groups is 1. The maximum atomic E-state index is 14.0. The van der Waals surface area contributed by atoms with Gasteiger partial charge in [0.1, 0.15) is 5.82 Å². The molecule has 0 bridgehead atoms. The van der Waals surface area contributed by atoms with Crippen molar-refractivity contribution in [2.24, 2.45) is 11.8 Å². The number of nitrogens with two attached hydrogens (primary N) is 1. The van der Waals surface area contributed by atoms with Crippen LogP contribution in [0.25, 0.3) is 0 Å². The normalized spacial score (nSPS) is 21.9. The van der Waals surface area contributed by atoms with Crippen LogP contribution in [0.2, 0.25) is 0 Å². The molecule has 5 heteroatoms. The number of benzene rings is 1. The molecule has 0 saturated heterocycles. The topological polar surface area (TPSA) is 64.3 Å². The van der Waals surface area contributed by atoms with E-state index in [1.165, 1.54) is 38.5 Å². The lowest BCUT2D eigenvalue weighted by Crippen LogP contribution is -2.24. The number of nitrogen functional groups attached to an aromatic ring is 1. The minimum atomic E-state index is -0.554. The first-order valence-corrected chi connectivity index (χ1v) is 7.44. The summed E-state index contributed by atoms with van der Waals surface area (Å²) in [6.45, 7) is 2.95. The molecule has 0 spiro atoms. The van der Waals surface area contributed by atoms with Gasteiger partial charge in [-0.2, -0.15) is 0 Å². The lowest BCUT2D eigenvalue weighted by molar-refractivity contribution is 0.0602. The van der Waals surface area contributed by atoms with E-state index >= 15 is 0 Å². The van der Waals surface area contributed by atoms with Gasteiger partial charge in [0.15, 0.2) is 0 Å². The lowest BCUT2D eigenvalue weighted by Gasteiger charge is -2.29. The molecule has 1 fully saturated rings. The summed E-state index contributed by atoms with van der Waals surface area (Å²) in [5, 5.41) is 3.12. The van der Waals surface area contributed by atoms with E-state index in [9.17, 15) is 9.18 Å². The van der Waals surface area contributed by atoms with E-state index in [2.05, 4.69) is 17.0 Å². The molecule has 1 aliphatic carbocycles. The van der Waals surface area contributed by atoms with Crippen LogP contribution < -0.4 is 11.1 Å². The monoisotopic (exact) mass is 294 g/mol. The van der Waals surface area contributed by atoms with E-state index in [4.69, 9.17) is 5.73 Å². The van der Waals surface area contributed by atoms with Crippen LogP contribution in [0.3, 0.4) is 0 Å². The highest BCUT2D eigenvalue weighted by Crippen LogP contribution is 2.30. The van der Waals surface area contributed by atoms with Gasteiger partial charge >= 0.3 is 5.97 Å². The Morgan fingerprint density at radius 1 is 1.43 bits per heavy atom. The first kappa shape index (κ1) is 15.6. The van der Waals surface area contributed by atoms with Crippen molar-refractivity contribution in [1.29, 1.82) is 0 Å². The summed E-state index contributed by atoms with van der Waals surface area (Å²) in [6.07, 6.45) is 4.90. The van der Waals surface area contributed by atoms with Gasteiger partial charge < -0.3 is 15.8 Å². The fourth-order valence-electron chi connectivity index (χ4n) is 2.95. The minimum Gasteiger partial charge on any atom is -0.465 e.